The van der Waals surface area contributed by atoms with Gasteiger partial charge >= 0.3 is 0 Å². The van der Waals surface area contributed by atoms with Gasteiger partial charge in [-0.15, -0.1) is 0 Å². The fraction of sp³-hybridized carbons (Fsp3) is 0.714. The SMILES string of the molecule is CCC(CC)(CBr)CN(C)Cc1ccoc1C. The van der Waals surface area contributed by atoms with Gasteiger partial charge in [0.1, 0.15) is 5.76 Å². The van der Waals surface area contributed by atoms with Crippen LogP contribution in [0.2, 0.25) is 0 Å². The highest BCUT2D eigenvalue weighted by atomic mass is 79.9. The van der Waals surface area contributed by atoms with Gasteiger partial charge in [-0.3, -0.25) is 0 Å². The van der Waals surface area contributed by atoms with Crippen LogP contribution in [-0.2, 0) is 6.54 Å². The number of halogens is 1. The quantitative estimate of drug-likeness (QED) is 0.701. The Bertz CT molecular complexity index is 322. The number of aryl methyl sites for hydroxylation is 1. The molecule has 0 radical (unpaired) electrons. The van der Waals surface area contributed by atoms with E-state index in [1.165, 1.54) is 18.4 Å². The molecule has 0 saturated heterocycles. The molecule has 0 amide bonds. The number of rotatable bonds is 7. The molecular weight excluding hydrogens is 278 g/mol. The van der Waals surface area contributed by atoms with E-state index in [0.29, 0.717) is 5.41 Å². The summed E-state index contributed by atoms with van der Waals surface area (Å²) in [5.74, 6) is 1.04. The molecule has 0 N–H and O–H groups in total. The number of furan rings is 1. The predicted octanol–water partition coefficient (Wildman–Crippen LogP) is 4.22. The van der Waals surface area contributed by atoms with Crippen molar-refractivity contribution in [3.63, 3.8) is 0 Å². The van der Waals surface area contributed by atoms with Gasteiger partial charge in [-0.05, 0) is 38.3 Å². The maximum absolute atomic E-state index is 5.34. The standard InChI is InChI=1S/C14H24BrNO/c1-5-14(6-2,10-15)11-16(4)9-13-7-8-17-12(13)3/h7-8H,5-6,9-11H2,1-4H3. The molecule has 0 saturated carbocycles. The first kappa shape index (κ1) is 14.8. The van der Waals surface area contributed by atoms with Gasteiger partial charge in [0.2, 0.25) is 0 Å². The van der Waals surface area contributed by atoms with Crippen LogP contribution in [0.3, 0.4) is 0 Å². The van der Waals surface area contributed by atoms with Crippen LogP contribution in [0.1, 0.15) is 38.0 Å². The normalized spacial score (nSPS) is 12.4. The van der Waals surface area contributed by atoms with Crippen LogP contribution in [-0.4, -0.2) is 23.8 Å². The molecule has 0 bridgehead atoms. The fourth-order valence-corrected chi connectivity index (χ4v) is 3.17. The molecule has 2 nitrogen and oxygen atoms in total. The predicted molar refractivity (Wildman–Crippen MR) is 76.6 cm³/mol. The third-order valence-corrected chi connectivity index (χ3v) is 4.98. The average Bonchev–Trinajstić information content (AvgIpc) is 2.72. The van der Waals surface area contributed by atoms with Crippen molar-refractivity contribution in [3.8, 4) is 0 Å². The summed E-state index contributed by atoms with van der Waals surface area (Å²) in [7, 11) is 2.19. The highest BCUT2D eigenvalue weighted by Crippen LogP contribution is 2.30. The second-order valence-electron chi connectivity index (χ2n) is 5.02. The number of hydrogen-bond acceptors (Lipinski definition) is 2. The minimum absolute atomic E-state index is 0.395. The summed E-state index contributed by atoms with van der Waals surface area (Å²) in [6, 6.07) is 2.07. The Hall–Kier alpha value is -0.280. The maximum atomic E-state index is 5.34. The van der Waals surface area contributed by atoms with Crippen molar-refractivity contribution in [2.45, 2.75) is 40.2 Å². The third-order valence-electron chi connectivity index (χ3n) is 3.80. The van der Waals surface area contributed by atoms with E-state index >= 15 is 0 Å². The van der Waals surface area contributed by atoms with Gasteiger partial charge in [0, 0.05) is 24.0 Å². The molecule has 1 heterocycles. The molecule has 0 fully saturated rings. The zero-order valence-electron chi connectivity index (χ0n) is 11.4. The molecule has 0 atom stereocenters. The zero-order chi connectivity index (χ0) is 12.9. The molecule has 1 aromatic heterocycles. The Labute approximate surface area is 114 Å². The van der Waals surface area contributed by atoms with E-state index < -0.39 is 0 Å². The molecule has 0 aliphatic carbocycles. The second kappa shape index (κ2) is 6.60. The van der Waals surface area contributed by atoms with Crippen molar-refractivity contribution in [2.24, 2.45) is 5.41 Å². The number of alkyl halides is 1. The molecule has 0 aromatic carbocycles. The smallest absolute Gasteiger partial charge is 0.105 e. The maximum Gasteiger partial charge on any atom is 0.105 e. The molecule has 98 valence electrons. The van der Waals surface area contributed by atoms with E-state index in [1.54, 1.807) is 6.26 Å². The van der Waals surface area contributed by atoms with Crippen LogP contribution in [0.15, 0.2) is 16.7 Å². The molecule has 17 heavy (non-hydrogen) atoms. The van der Waals surface area contributed by atoms with Gasteiger partial charge in [-0.2, -0.15) is 0 Å². The van der Waals surface area contributed by atoms with Crippen molar-refractivity contribution >= 4 is 15.9 Å². The second-order valence-corrected chi connectivity index (χ2v) is 5.58. The molecule has 0 spiro atoms. The van der Waals surface area contributed by atoms with Crippen LogP contribution >= 0.6 is 15.9 Å². The lowest BCUT2D eigenvalue weighted by atomic mass is 9.84. The summed E-state index contributed by atoms with van der Waals surface area (Å²) in [6.45, 7) is 8.68. The Balaban J connectivity index is 2.59. The Morgan fingerprint density at radius 2 is 2.00 bits per heavy atom. The summed E-state index contributed by atoms with van der Waals surface area (Å²) >= 11 is 3.67. The summed E-state index contributed by atoms with van der Waals surface area (Å²) in [5.41, 5.74) is 1.69. The number of nitrogens with zero attached hydrogens (tertiary/aromatic N) is 1. The molecule has 0 aliphatic rings. The van der Waals surface area contributed by atoms with Gasteiger partial charge in [-0.1, -0.05) is 29.8 Å². The minimum atomic E-state index is 0.395. The van der Waals surface area contributed by atoms with Crippen molar-refractivity contribution in [3.05, 3.63) is 23.7 Å². The third kappa shape index (κ3) is 3.85. The van der Waals surface area contributed by atoms with Gasteiger partial charge in [-0.25, -0.2) is 0 Å². The van der Waals surface area contributed by atoms with Gasteiger partial charge in [0.05, 0.1) is 6.26 Å². The lowest BCUT2D eigenvalue weighted by Crippen LogP contribution is -2.36. The van der Waals surface area contributed by atoms with Crippen LogP contribution in [0.25, 0.3) is 0 Å². The van der Waals surface area contributed by atoms with E-state index in [4.69, 9.17) is 4.42 Å². The first-order chi connectivity index (χ1) is 8.06. The largest absolute Gasteiger partial charge is 0.469 e. The average molecular weight is 302 g/mol. The Kier molecular flexibility index (Phi) is 5.74. The molecule has 1 rings (SSSR count). The molecule has 3 heteroatoms. The molecule has 1 aromatic rings. The number of hydrogen-bond donors (Lipinski definition) is 0. The van der Waals surface area contributed by atoms with Crippen molar-refractivity contribution in [1.29, 1.82) is 0 Å². The summed E-state index contributed by atoms with van der Waals surface area (Å²) < 4.78 is 5.34. The highest BCUT2D eigenvalue weighted by Gasteiger charge is 2.26. The van der Waals surface area contributed by atoms with Gasteiger partial charge in [0.25, 0.3) is 0 Å². The Morgan fingerprint density at radius 1 is 1.35 bits per heavy atom. The van der Waals surface area contributed by atoms with Gasteiger partial charge in [0.15, 0.2) is 0 Å². The van der Waals surface area contributed by atoms with Gasteiger partial charge < -0.3 is 9.32 Å². The fourth-order valence-electron chi connectivity index (χ4n) is 2.20. The lowest BCUT2D eigenvalue weighted by Gasteiger charge is -2.34. The van der Waals surface area contributed by atoms with Crippen molar-refractivity contribution in [1.82, 2.24) is 4.90 Å². The van der Waals surface area contributed by atoms with Crippen molar-refractivity contribution < 1.29 is 4.42 Å². The monoisotopic (exact) mass is 301 g/mol. The summed E-state index contributed by atoms with van der Waals surface area (Å²) in [6.07, 6.45) is 4.20. The summed E-state index contributed by atoms with van der Waals surface area (Å²) in [5, 5.41) is 1.07. The van der Waals surface area contributed by atoms with Crippen LogP contribution in [0.5, 0.6) is 0 Å². The molecule has 0 aliphatic heterocycles. The minimum Gasteiger partial charge on any atom is -0.469 e. The van der Waals surface area contributed by atoms with Crippen LogP contribution in [0, 0.1) is 12.3 Å². The lowest BCUT2D eigenvalue weighted by molar-refractivity contribution is 0.179. The van der Waals surface area contributed by atoms with Crippen LogP contribution in [0.4, 0.5) is 0 Å². The van der Waals surface area contributed by atoms with Crippen LogP contribution < -0.4 is 0 Å². The first-order valence-corrected chi connectivity index (χ1v) is 7.46. The summed E-state index contributed by atoms with van der Waals surface area (Å²) in [4.78, 5) is 2.39. The van der Waals surface area contributed by atoms with E-state index in [9.17, 15) is 0 Å². The van der Waals surface area contributed by atoms with E-state index in [1.807, 2.05) is 6.92 Å². The highest BCUT2D eigenvalue weighted by molar-refractivity contribution is 9.09. The first-order valence-electron chi connectivity index (χ1n) is 6.34. The topological polar surface area (TPSA) is 16.4 Å². The van der Waals surface area contributed by atoms with E-state index in [0.717, 1.165) is 24.2 Å². The Morgan fingerprint density at radius 3 is 2.41 bits per heavy atom. The van der Waals surface area contributed by atoms with E-state index in [2.05, 4.69) is 47.8 Å². The van der Waals surface area contributed by atoms with E-state index in [-0.39, 0.29) is 0 Å². The van der Waals surface area contributed by atoms with Crippen molar-refractivity contribution in [2.75, 3.05) is 18.9 Å². The zero-order valence-corrected chi connectivity index (χ0v) is 13.0. The molecular formula is C14H24BrNO. The molecule has 0 unspecified atom stereocenters.